The van der Waals surface area contributed by atoms with Gasteiger partial charge in [-0.2, -0.15) is 0 Å². The second kappa shape index (κ2) is 10.1. The van der Waals surface area contributed by atoms with E-state index in [9.17, 15) is 9.59 Å². The standard InChI is InChI=1S/C25H24N2O8/c1-2-31-21-12-16(3-5-19(21)32-14-23(28)27-7-9-30-10-8-27)11-18-25(29)35-24(26-18)17-4-6-20-22(13-17)34-15-33-20/h3-6,11-13H,2,7-10,14-15H2,1H3/b18-11+. The van der Waals surface area contributed by atoms with Gasteiger partial charge in [0, 0.05) is 18.7 Å². The van der Waals surface area contributed by atoms with Gasteiger partial charge in [-0.25, -0.2) is 9.79 Å². The molecule has 3 aliphatic heterocycles. The molecule has 0 saturated carbocycles. The summed E-state index contributed by atoms with van der Waals surface area (Å²) in [5.74, 6) is 1.62. The molecule has 10 heteroatoms. The lowest BCUT2D eigenvalue weighted by atomic mass is 10.1. The van der Waals surface area contributed by atoms with Gasteiger partial charge in [0.15, 0.2) is 35.3 Å². The van der Waals surface area contributed by atoms with Gasteiger partial charge in [-0.05, 0) is 48.9 Å². The third kappa shape index (κ3) is 5.07. The van der Waals surface area contributed by atoms with Crippen molar-refractivity contribution in [1.29, 1.82) is 0 Å². The summed E-state index contributed by atoms with van der Waals surface area (Å²) in [6.07, 6.45) is 1.60. The number of morpholine rings is 1. The number of fused-ring (bicyclic) bond motifs is 1. The fourth-order valence-electron chi connectivity index (χ4n) is 3.77. The smallest absolute Gasteiger partial charge is 0.363 e. The molecule has 0 spiro atoms. The Morgan fingerprint density at radius 3 is 2.71 bits per heavy atom. The summed E-state index contributed by atoms with van der Waals surface area (Å²) in [4.78, 5) is 30.9. The number of aliphatic imine (C=N–C) groups is 1. The molecule has 2 aromatic rings. The quantitative estimate of drug-likeness (QED) is 0.440. The predicted molar refractivity (Wildman–Crippen MR) is 124 cm³/mol. The molecule has 0 aromatic heterocycles. The normalized spacial score (nSPS) is 17.9. The molecule has 35 heavy (non-hydrogen) atoms. The van der Waals surface area contributed by atoms with Crippen molar-refractivity contribution in [2.24, 2.45) is 4.99 Å². The largest absolute Gasteiger partial charge is 0.490 e. The van der Waals surface area contributed by atoms with Gasteiger partial charge in [0.1, 0.15) is 0 Å². The van der Waals surface area contributed by atoms with E-state index in [4.69, 9.17) is 28.4 Å². The molecule has 0 bridgehead atoms. The average Bonchev–Trinajstić information content (AvgIpc) is 3.50. The molecule has 1 fully saturated rings. The van der Waals surface area contributed by atoms with E-state index < -0.39 is 5.97 Å². The Bertz CT molecular complexity index is 1200. The van der Waals surface area contributed by atoms with E-state index in [2.05, 4.69) is 4.99 Å². The zero-order valence-electron chi connectivity index (χ0n) is 19.2. The van der Waals surface area contributed by atoms with Crippen LogP contribution in [0.1, 0.15) is 18.1 Å². The second-order valence-electron chi connectivity index (χ2n) is 7.83. The van der Waals surface area contributed by atoms with Gasteiger partial charge in [-0.1, -0.05) is 6.07 Å². The van der Waals surface area contributed by atoms with Crippen LogP contribution in [0.3, 0.4) is 0 Å². The van der Waals surface area contributed by atoms with Crippen LogP contribution in [-0.4, -0.2) is 69.0 Å². The van der Waals surface area contributed by atoms with E-state index in [1.54, 1.807) is 47.4 Å². The predicted octanol–water partition coefficient (Wildman–Crippen LogP) is 2.40. The van der Waals surface area contributed by atoms with Crippen molar-refractivity contribution < 1.29 is 38.0 Å². The summed E-state index contributed by atoms with van der Waals surface area (Å²) in [5, 5.41) is 0. The van der Waals surface area contributed by atoms with Crippen LogP contribution < -0.4 is 18.9 Å². The van der Waals surface area contributed by atoms with E-state index >= 15 is 0 Å². The number of carbonyl (C=O) groups is 2. The zero-order valence-corrected chi connectivity index (χ0v) is 19.2. The highest BCUT2D eigenvalue weighted by molar-refractivity contribution is 6.13. The number of hydrogen-bond acceptors (Lipinski definition) is 9. The molecule has 3 heterocycles. The minimum absolute atomic E-state index is 0.101. The summed E-state index contributed by atoms with van der Waals surface area (Å²) in [6, 6.07) is 10.4. The lowest BCUT2D eigenvalue weighted by molar-refractivity contribution is -0.137. The number of benzene rings is 2. The Labute approximate surface area is 201 Å². The van der Waals surface area contributed by atoms with Gasteiger partial charge in [0.2, 0.25) is 12.7 Å². The number of rotatable bonds is 7. The first kappa shape index (κ1) is 22.7. The maximum absolute atomic E-state index is 12.4. The van der Waals surface area contributed by atoms with Gasteiger partial charge >= 0.3 is 5.97 Å². The van der Waals surface area contributed by atoms with E-state index in [-0.39, 0.29) is 30.9 Å². The summed E-state index contributed by atoms with van der Waals surface area (Å²) in [5.41, 5.74) is 1.42. The Morgan fingerprint density at radius 1 is 1.06 bits per heavy atom. The van der Waals surface area contributed by atoms with Gasteiger partial charge in [0.25, 0.3) is 5.91 Å². The fraction of sp³-hybridized carbons (Fsp3) is 0.320. The molecular weight excluding hydrogens is 456 g/mol. The Hall–Kier alpha value is -4.05. The van der Waals surface area contributed by atoms with Crippen LogP contribution in [0.4, 0.5) is 0 Å². The van der Waals surface area contributed by atoms with Crippen molar-refractivity contribution in [2.75, 3.05) is 46.3 Å². The van der Waals surface area contributed by atoms with Gasteiger partial charge < -0.3 is 33.3 Å². The van der Waals surface area contributed by atoms with E-state index in [1.165, 1.54) is 0 Å². The number of esters is 1. The molecule has 0 unspecified atom stereocenters. The highest BCUT2D eigenvalue weighted by Crippen LogP contribution is 2.34. The summed E-state index contributed by atoms with van der Waals surface area (Å²) in [7, 11) is 0. The maximum Gasteiger partial charge on any atom is 0.363 e. The highest BCUT2D eigenvalue weighted by Gasteiger charge is 2.26. The first-order valence-corrected chi connectivity index (χ1v) is 11.3. The van der Waals surface area contributed by atoms with Gasteiger partial charge in [0.05, 0.1) is 19.8 Å². The van der Waals surface area contributed by atoms with Crippen molar-refractivity contribution >= 4 is 23.9 Å². The molecule has 2 aromatic carbocycles. The van der Waals surface area contributed by atoms with Gasteiger partial charge in [-0.3, -0.25) is 4.79 Å². The lowest BCUT2D eigenvalue weighted by Gasteiger charge is -2.26. The first-order chi connectivity index (χ1) is 17.1. The third-order valence-electron chi connectivity index (χ3n) is 5.53. The fourth-order valence-corrected chi connectivity index (χ4v) is 3.77. The van der Waals surface area contributed by atoms with E-state index in [0.717, 1.165) is 0 Å². The van der Waals surface area contributed by atoms with Crippen molar-refractivity contribution in [2.45, 2.75) is 6.92 Å². The van der Waals surface area contributed by atoms with Crippen LogP contribution in [0.5, 0.6) is 23.0 Å². The Kier molecular flexibility index (Phi) is 6.53. The number of amides is 1. The number of hydrogen-bond donors (Lipinski definition) is 0. The van der Waals surface area contributed by atoms with Crippen LogP contribution in [0, 0.1) is 0 Å². The average molecular weight is 480 g/mol. The minimum Gasteiger partial charge on any atom is -0.490 e. The van der Waals surface area contributed by atoms with Crippen LogP contribution in [-0.2, 0) is 19.1 Å². The summed E-state index contributed by atoms with van der Waals surface area (Å²) < 4.78 is 32.8. The van der Waals surface area contributed by atoms with Crippen molar-refractivity contribution in [3.8, 4) is 23.0 Å². The van der Waals surface area contributed by atoms with E-state index in [1.807, 2.05) is 6.92 Å². The highest BCUT2D eigenvalue weighted by atomic mass is 16.7. The van der Waals surface area contributed by atoms with Crippen molar-refractivity contribution in [3.05, 3.63) is 53.2 Å². The minimum atomic E-state index is -0.563. The Balaban J connectivity index is 1.31. The molecule has 10 nitrogen and oxygen atoms in total. The molecule has 0 N–H and O–H groups in total. The summed E-state index contributed by atoms with van der Waals surface area (Å²) in [6.45, 7) is 4.47. The first-order valence-electron chi connectivity index (χ1n) is 11.3. The van der Waals surface area contributed by atoms with E-state index in [0.29, 0.717) is 67.0 Å². The number of carbonyl (C=O) groups excluding carboxylic acids is 2. The lowest BCUT2D eigenvalue weighted by Crippen LogP contribution is -2.43. The van der Waals surface area contributed by atoms with Crippen LogP contribution in [0.25, 0.3) is 6.08 Å². The maximum atomic E-state index is 12.4. The molecule has 1 saturated heterocycles. The number of cyclic esters (lactones) is 1. The molecule has 5 rings (SSSR count). The Morgan fingerprint density at radius 2 is 1.89 bits per heavy atom. The van der Waals surface area contributed by atoms with Crippen molar-refractivity contribution in [1.82, 2.24) is 4.90 Å². The second-order valence-corrected chi connectivity index (χ2v) is 7.83. The molecular formula is C25H24N2O8. The number of nitrogens with zero attached hydrogens (tertiary/aromatic N) is 2. The third-order valence-corrected chi connectivity index (χ3v) is 5.53. The molecule has 3 aliphatic rings. The van der Waals surface area contributed by atoms with Crippen LogP contribution in [0.15, 0.2) is 47.1 Å². The van der Waals surface area contributed by atoms with Crippen LogP contribution in [0.2, 0.25) is 0 Å². The zero-order chi connectivity index (χ0) is 24.2. The van der Waals surface area contributed by atoms with Crippen molar-refractivity contribution in [3.63, 3.8) is 0 Å². The summed E-state index contributed by atoms with van der Waals surface area (Å²) >= 11 is 0. The van der Waals surface area contributed by atoms with Crippen LogP contribution >= 0.6 is 0 Å². The topological polar surface area (TPSA) is 105 Å². The van der Waals surface area contributed by atoms with Gasteiger partial charge in [-0.15, -0.1) is 0 Å². The molecule has 0 aliphatic carbocycles. The molecule has 0 atom stereocenters. The molecule has 1 amide bonds. The number of ether oxygens (including phenoxy) is 6. The SMILES string of the molecule is CCOc1cc(/C=C2/N=C(c3ccc4c(c3)OCO4)OC2=O)ccc1OCC(=O)N1CCOCC1. The molecule has 182 valence electrons. The monoisotopic (exact) mass is 480 g/mol. The molecule has 0 radical (unpaired) electrons.